The van der Waals surface area contributed by atoms with Gasteiger partial charge in [-0.05, 0) is 89.9 Å². The Balaban J connectivity index is 4.87. The van der Waals surface area contributed by atoms with Gasteiger partial charge in [0, 0.05) is 19.3 Å². The van der Waals surface area contributed by atoms with Gasteiger partial charge in [-0.3, -0.25) is 23.4 Å². The van der Waals surface area contributed by atoms with Crippen molar-refractivity contribution < 1.29 is 52.2 Å². The molecule has 0 aliphatic carbocycles. The summed E-state index contributed by atoms with van der Waals surface area (Å²) >= 11 is 0. The van der Waals surface area contributed by atoms with Crippen molar-refractivity contribution in [3.63, 3.8) is 0 Å². The molecule has 0 radical (unpaired) electrons. The fourth-order valence-corrected chi connectivity index (χ4v) is 7.36. The second kappa shape index (κ2) is 49.8. The fraction of sp³-hybridized carbons (Fsp3) is 0.661. The number of ether oxygens (including phenoxy) is 3. The molecule has 0 aromatic rings. The lowest BCUT2D eigenvalue weighted by Gasteiger charge is -2.21. The number of phosphoric acid groups is 1. The molecule has 0 aliphatic heterocycles. The van der Waals surface area contributed by atoms with E-state index in [1.54, 1.807) is 0 Å². The molecule has 11 nitrogen and oxygen atoms in total. The molecule has 0 aromatic carbocycles. The van der Waals surface area contributed by atoms with Gasteiger partial charge in [0.2, 0.25) is 0 Å². The summed E-state index contributed by atoms with van der Waals surface area (Å²) in [6.07, 6.45) is 56.8. The van der Waals surface area contributed by atoms with Gasteiger partial charge in [-0.25, -0.2) is 4.57 Å². The largest absolute Gasteiger partial charge is 0.472 e. The number of aliphatic hydroxyl groups excluding tert-OH is 1. The molecule has 0 aromatic heterocycles. The van der Waals surface area contributed by atoms with Gasteiger partial charge in [-0.2, -0.15) is 0 Å². The third-order valence-corrected chi connectivity index (χ3v) is 11.5. The molecule has 68 heavy (non-hydrogen) atoms. The van der Waals surface area contributed by atoms with Crippen molar-refractivity contribution in [2.24, 2.45) is 0 Å². The number of aliphatic hydroxyl groups is 1. The van der Waals surface area contributed by atoms with Crippen molar-refractivity contribution in [3.05, 3.63) is 97.2 Å². The first-order valence-electron chi connectivity index (χ1n) is 26.1. The minimum Gasteiger partial charge on any atom is -0.462 e. The summed E-state index contributed by atoms with van der Waals surface area (Å²) in [6.45, 7) is 4.28. The number of phosphoric ester groups is 1. The average molecular weight is 973 g/mol. The molecule has 0 aliphatic rings. The molecule has 12 heteroatoms. The van der Waals surface area contributed by atoms with Crippen LogP contribution in [0.1, 0.15) is 201 Å². The van der Waals surface area contributed by atoms with Crippen LogP contribution in [-0.4, -0.2) is 66.5 Å². The van der Waals surface area contributed by atoms with Gasteiger partial charge in [-0.1, -0.05) is 189 Å². The van der Waals surface area contributed by atoms with E-state index in [-0.39, 0.29) is 25.9 Å². The van der Waals surface area contributed by atoms with Crippen LogP contribution in [0.3, 0.4) is 0 Å². The Hall–Kier alpha value is -3.60. The molecule has 0 fully saturated rings. The summed E-state index contributed by atoms with van der Waals surface area (Å²) in [4.78, 5) is 48.3. The first kappa shape index (κ1) is 64.4. The van der Waals surface area contributed by atoms with E-state index in [2.05, 4.69) is 112 Å². The fourth-order valence-electron chi connectivity index (χ4n) is 6.58. The van der Waals surface area contributed by atoms with Gasteiger partial charge in [-0.15, -0.1) is 0 Å². The van der Waals surface area contributed by atoms with Gasteiger partial charge < -0.3 is 24.2 Å². The molecule has 2 N–H and O–H groups in total. The number of rotatable bonds is 47. The van der Waals surface area contributed by atoms with Crippen LogP contribution in [0.25, 0.3) is 0 Å². The smallest absolute Gasteiger partial charge is 0.462 e. The third kappa shape index (κ3) is 47.5. The van der Waals surface area contributed by atoms with Crippen molar-refractivity contribution in [1.82, 2.24) is 0 Å². The minimum absolute atomic E-state index is 0.117. The Morgan fingerprint density at radius 3 is 1.22 bits per heavy atom. The molecule has 0 rings (SSSR count). The first-order chi connectivity index (χ1) is 33.2. The normalized spacial score (nSPS) is 14.2. The zero-order valence-corrected chi connectivity index (χ0v) is 43.4. The predicted molar refractivity (Wildman–Crippen MR) is 279 cm³/mol. The molecular formula is C56H93O11P. The van der Waals surface area contributed by atoms with Gasteiger partial charge in [0.05, 0.1) is 19.8 Å². The summed E-state index contributed by atoms with van der Waals surface area (Å²) in [5, 5.41) is 9.76. The quantitative estimate of drug-likeness (QED) is 0.0197. The highest BCUT2D eigenvalue weighted by atomic mass is 31.2. The van der Waals surface area contributed by atoms with E-state index in [1.165, 1.54) is 44.9 Å². The average Bonchev–Trinajstić information content (AvgIpc) is 3.32. The van der Waals surface area contributed by atoms with Crippen molar-refractivity contribution in [2.45, 2.75) is 213 Å². The molecule has 0 heterocycles. The minimum atomic E-state index is -4.76. The summed E-state index contributed by atoms with van der Waals surface area (Å²) in [5.74, 6) is -1.58. The van der Waals surface area contributed by atoms with Gasteiger partial charge in [0.25, 0.3) is 0 Å². The zero-order valence-electron chi connectivity index (χ0n) is 42.5. The van der Waals surface area contributed by atoms with Crippen molar-refractivity contribution >= 4 is 25.7 Å². The number of unbranched alkanes of at least 4 members (excludes halogenated alkanes) is 14. The highest BCUT2D eigenvalue weighted by Crippen LogP contribution is 2.43. The van der Waals surface area contributed by atoms with E-state index in [4.69, 9.17) is 23.3 Å². The molecule has 0 amide bonds. The van der Waals surface area contributed by atoms with Crippen LogP contribution in [-0.2, 0) is 42.2 Å². The van der Waals surface area contributed by atoms with Crippen molar-refractivity contribution in [3.8, 4) is 0 Å². The lowest BCUT2D eigenvalue weighted by molar-refractivity contribution is -0.161. The van der Waals surface area contributed by atoms with Crippen LogP contribution in [0.15, 0.2) is 97.2 Å². The maximum absolute atomic E-state index is 12.8. The van der Waals surface area contributed by atoms with Gasteiger partial charge in [0.1, 0.15) is 12.7 Å². The lowest BCUT2D eigenvalue weighted by Crippen LogP contribution is -2.30. The summed E-state index contributed by atoms with van der Waals surface area (Å²) < 4.78 is 39.2. The van der Waals surface area contributed by atoms with Crippen LogP contribution < -0.4 is 0 Å². The molecule has 0 spiro atoms. The topological polar surface area (TPSA) is 155 Å². The second-order valence-electron chi connectivity index (χ2n) is 16.9. The van der Waals surface area contributed by atoms with Crippen LogP contribution in [0.4, 0.5) is 0 Å². The van der Waals surface area contributed by atoms with Crippen LogP contribution in [0, 0.1) is 0 Å². The molecule has 3 atom stereocenters. The highest BCUT2D eigenvalue weighted by molar-refractivity contribution is 7.47. The maximum atomic E-state index is 12.8. The van der Waals surface area contributed by atoms with Crippen molar-refractivity contribution in [2.75, 3.05) is 26.4 Å². The number of carbonyl (C=O) groups is 3. The maximum Gasteiger partial charge on any atom is 0.472 e. The Morgan fingerprint density at radius 2 is 0.779 bits per heavy atom. The van der Waals surface area contributed by atoms with Gasteiger partial charge >= 0.3 is 25.7 Å². The standard InChI is InChI=1S/C56H93O11P/c1-4-7-10-13-16-19-22-24-25-26-27-29-31-33-36-39-42-45-54(58)63-49-53(67-56(60)47-44-41-38-35-32-28-23-20-17-14-11-8-5-2)51-65-68(61,62)64-50-52(48-57)66-55(59)46-43-40-37-34-30-21-18-15-12-9-6-3/h7-8,10-11,16-17,19-20,24-25,27-29,32-33,36,52-53,57H,4-6,9,12-15,18,21-23,26,30-31,34-35,37-51H2,1-3H3,(H,61,62)/b10-7-,11-8-,19-16-,20-17-,25-24-,29-27-,32-28-,36-33-. The number of esters is 3. The first-order valence-corrected chi connectivity index (χ1v) is 27.6. The lowest BCUT2D eigenvalue weighted by atomic mass is 10.1. The van der Waals surface area contributed by atoms with E-state index in [9.17, 15) is 28.9 Å². The Bertz CT molecular complexity index is 1510. The molecular weight excluding hydrogens is 880 g/mol. The monoisotopic (exact) mass is 973 g/mol. The van der Waals surface area contributed by atoms with E-state index in [0.717, 1.165) is 89.9 Å². The zero-order chi connectivity index (χ0) is 49.9. The van der Waals surface area contributed by atoms with E-state index in [0.29, 0.717) is 25.7 Å². The Labute approximate surface area is 412 Å². The molecule has 388 valence electrons. The summed E-state index contributed by atoms with van der Waals surface area (Å²) in [7, 11) is -4.76. The third-order valence-electron chi connectivity index (χ3n) is 10.5. The Kier molecular flexibility index (Phi) is 47.2. The summed E-state index contributed by atoms with van der Waals surface area (Å²) in [6, 6.07) is 0. The Morgan fingerprint density at radius 1 is 0.426 bits per heavy atom. The second-order valence-corrected chi connectivity index (χ2v) is 18.4. The van der Waals surface area contributed by atoms with Crippen LogP contribution in [0.2, 0.25) is 0 Å². The van der Waals surface area contributed by atoms with Crippen LogP contribution >= 0.6 is 7.82 Å². The number of hydrogen-bond donors (Lipinski definition) is 2. The SMILES string of the molecule is CC/C=C\C/C=C\C/C=C\C/C=C\C/C=C\CCCC(=O)OCC(COP(=O)(O)OCC(CO)OC(=O)CCCCCCCCCCCCC)OC(=O)CCCCC/C=C\C/C=C\C/C=C\CC. The molecule has 0 bridgehead atoms. The van der Waals surface area contributed by atoms with Gasteiger partial charge in [0.15, 0.2) is 6.10 Å². The molecule has 0 saturated carbocycles. The highest BCUT2D eigenvalue weighted by Gasteiger charge is 2.28. The molecule has 0 saturated heterocycles. The van der Waals surface area contributed by atoms with E-state index >= 15 is 0 Å². The number of hydrogen-bond acceptors (Lipinski definition) is 10. The van der Waals surface area contributed by atoms with E-state index in [1.807, 2.05) is 6.08 Å². The predicted octanol–water partition coefficient (Wildman–Crippen LogP) is 14.9. The number of carbonyl (C=O) groups excluding carboxylic acids is 3. The number of allylic oxidation sites excluding steroid dienone is 16. The molecule has 3 unspecified atom stereocenters. The summed E-state index contributed by atoms with van der Waals surface area (Å²) in [5.41, 5.74) is 0. The van der Waals surface area contributed by atoms with E-state index < -0.39 is 57.8 Å². The van der Waals surface area contributed by atoms with Crippen molar-refractivity contribution in [1.29, 1.82) is 0 Å². The van der Waals surface area contributed by atoms with Crippen LogP contribution in [0.5, 0.6) is 0 Å².